The second kappa shape index (κ2) is 5.03. The molecule has 1 N–H and O–H groups in total. The second-order valence-electron chi connectivity index (χ2n) is 3.90. The van der Waals surface area contributed by atoms with Gasteiger partial charge in [0.2, 0.25) is 0 Å². The zero-order valence-corrected chi connectivity index (χ0v) is 9.41. The number of carboxylic acids is 1. The van der Waals surface area contributed by atoms with Crippen molar-refractivity contribution in [3.8, 4) is 0 Å². The fourth-order valence-corrected chi connectivity index (χ4v) is 1.38. The van der Waals surface area contributed by atoms with E-state index in [9.17, 15) is 18.4 Å². The van der Waals surface area contributed by atoms with Gasteiger partial charge in [-0.05, 0) is 12.1 Å². The van der Waals surface area contributed by atoms with Gasteiger partial charge >= 0.3 is 5.97 Å². The van der Waals surface area contributed by atoms with Crippen molar-refractivity contribution in [1.82, 2.24) is 0 Å². The van der Waals surface area contributed by atoms with E-state index in [-0.39, 0.29) is 5.56 Å². The summed E-state index contributed by atoms with van der Waals surface area (Å²) in [6, 6.07) is 2.60. The fraction of sp³-hybridized carbons (Fsp3) is 0.333. The molecule has 2 unspecified atom stereocenters. The first kappa shape index (κ1) is 13.3. The van der Waals surface area contributed by atoms with Gasteiger partial charge in [0.1, 0.15) is 11.6 Å². The SMILES string of the molecule is CC(C(=O)O)C(C)C(=O)c1ccc(F)cc1F. The number of rotatable bonds is 4. The number of ketones is 1. The lowest BCUT2D eigenvalue weighted by molar-refractivity contribution is -0.142. The van der Waals surface area contributed by atoms with Gasteiger partial charge in [-0.1, -0.05) is 13.8 Å². The maximum atomic E-state index is 13.3. The van der Waals surface area contributed by atoms with Crippen LogP contribution in [0.1, 0.15) is 24.2 Å². The van der Waals surface area contributed by atoms with Crippen LogP contribution >= 0.6 is 0 Å². The van der Waals surface area contributed by atoms with Gasteiger partial charge in [0.15, 0.2) is 5.78 Å². The van der Waals surface area contributed by atoms with E-state index in [1.807, 2.05) is 0 Å². The summed E-state index contributed by atoms with van der Waals surface area (Å²) in [5.41, 5.74) is -0.285. The molecule has 0 aliphatic rings. The van der Waals surface area contributed by atoms with Crippen LogP contribution in [-0.4, -0.2) is 16.9 Å². The van der Waals surface area contributed by atoms with Crippen LogP contribution in [0.5, 0.6) is 0 Å². The zero-order valence-electron chi connectivity index (χ0n) is 9.41. The molecular weight excluding hydrogens is 230 g/mol. The van der Waals surface area contributed by atoms with Crippen LogP contribution in [0.15, 0.2) is 18.2 Å². The van der Waals surface area contributed by atoms with Crippen LogP contribution in [0.4, 0.5) is 8.78 Å². The smallest absolute Gasteiger partial charge is 0.306 e. The number of Topliss-reactive ketones (excluding diaryl/α,β-unsaturated/α-hetero) is 1. The van der Waals surface area contributed by atoms with E-state index in [1.165, 1.54) is 13.8 Å². The van der Waals surface area contributed by atoms with Gasteiger partial charge in [0.25, 0.3) is 0 Å². The van der Waals surface area contributed by atoms with Crippen LogP contribution in [0.2, 0.25) is 0 Å². The van der Waals surface area contributed by atoms with Crippen molar-refractivity contribution in [2.75, 3.05) is 0 Å². The summed E-state index contributed by atoms with van der Waals surface area (Å²) in [5, 5.41) is 8.76. The third-order valence-corrected chi connectivity index (χ3v) is 2.75. The lowest BCUT2D eigenvalue weighted by Crippen LogP contribution is -2.26. The second-order valence-corrected chi connectivity index (χ2v) is 3.90. The van der Waals surface area contributed by atoms with Crippen LogP contribution in [-0.2, 0) is 4.79 Å². The molecule has 0 heterocycles. The summed E-state index contributed by atoms with van der Waals surface area (Å²) in [4.78, 5) is 22.5. The standard InChI is InChI=1S/C12H12F2O3/c1-6(7(2)12(16)17)11(15)9-4-3-8(13)5-10(9)14/h3-7H,1-2H3,(H,16,17). The summed E-state index contributed by atoms with van der Waals surface area (Å²) in [5.74, 6) is -5.32. The van der Waals surface area contributed by atoms with E-state index >= 15 is 0 Å². The molecule has 0 bridgehead atoms. The van der Waals surface area contributed by atoms with Gasteiger partial charge in [-0.3, -0.25) is 9.59 Å². The summed E-state index contributed by atoms with van der Waals surface area (Å²) in [6.45, 7) is 2.77. The first-order chi connectivity index (χ1) is 7.84. The van der Waals surface area contributed by atoms with E-state index in [4.69, 9.17) is 5.11 Å². The molecule has 5 heteroatoms. The van der Waals surface area contributed by atoms with Crippen molar-refractivity contribution in [3.05, 3.63) is 35.4 Å². The highest BCUT2D eigenvalue weighted by atomic mass is 19.1. The zero-order chi connectivity index (χ0) is 13.2. The first-order valence-electron chi connectivity index (χ1n) is 5.06. The Hall–Kier alpha value is -1.78. The Bertz CT molecular complexity index is 457. The molecule has 0 radical (unpaired) electrons. The Balaban J connectivity index is 3.00. The molecule has 0 fully saturated rings. The van der Waals surface area contributed by atoms with Gasteiger partial charge in [-0.15, -0.1) is 0 Å². The van der Waals surface area contributed by atoms with Gasteiger partial charge in [0, 0.05) is 12.0 Å². The number of aliphatic carboxylic acids is 1. The minimum absolute atomic E-state index is 0.285. The molecule has 0 aromatic heterocycles. The van der Waals surface area contributed by atoms with Crippen molar-refractivity contribution in [2.45, 2.75) is 13.8 Å². The number of halogens is 2. The largest absolute Gasteiger partial charge is 0.481 e. The number of carboxylic acid groups (broad SMARTS) is 1. The topological polar surface area (TPSA) is 54.4 Å². The average Bonchev–Trinajstić information content (AvgIpc) is 2.26. The molecular formula is C12H12F2O3. The monoisotopic (exact) mass is 242 g/mol. The minimum Gasteiger partial charge on any atom is -0.481 e. The van der Waals surface area contributed by atoms with Crippen molar-refractivity contribution in [2.24, 2.45) is 11.8 Å². The molecule has 0 saturated carbocycles. The highest BCUT2D eigenvalue weighted by Crippen LogP contribution is 2.20. The van der Waals surface area contributed by atoms with Crippen molar-refractivity contribution >= 4 is 11.8 Å². The van der Waals surface area contributed by atoms with Crippen molar-refractivity contribution in [3.63, 3.8) is 0 Å². The minimum atomic E-state index is -1.13. The lowest BCUT2D eigenvalue weighted by atomic mass is 9.88. The molecule has 1 rings (SSSR count). The van der Waals surface area contributed by atoms with Gasteiger partial charge in [-0.2, -0.15) is 0 Å². The van der Waals surface area contributed by atoms with Crippen LogP contribution in [0.25, 0.3) is 0 Å². The van der Waals surface area contributed by atoms with Crippen LogP contribution < -0.4 is 0 Å². The molecule has 3 nitrogen and oxygen atoms in total. The molecule has 0 spiro atoms. The quantitative estimate of drug-likeness (QED) is 0.825. The number of hydrogen-bond acceptors (Lipinski definition) is 2. The number of benzene rings is 1. The Labute approximate surface area is 97.1 Å². The normalized spacial score (nSPS) is 14.1. The Morgan fingerprint density at radius 1 is 1.18 bits per heavy atom. The molecule has 2 atom stereocenters. The van der Waals surface area contributed by atoms with Crippen LogP contribution in [0.3, 0.4) is 0 Å². The van der Waals surface area contributed by atoms with Crippen molar-refractivity contribution in [1.29, 1.82) is 0 Å². The Morgan fingerprint density at radius 3 is 2.24 bits per heavy atom. The number of carbonyl (C=O) groups excluding carboxylic acids is 1. The predicted octanol–water partition coefficient (Wildman–Crippen LogP) is 2.50. The molecule has 0 aliphatic carbocycles. The van der Waals surface area contributed by atoms with Gasteiger partial charge in [-0.25, -0.2) is 8.78 Å². The van der Waals surface area contributed by atoms with E-state index in [0.29, 0.717) is 6.07 Å². The van der Waals surface area contributed by atoms with E-state index in [1.54, 1.807) is 0 Å². The molecule has 92 valence electrons. The van der Waals surface area contributed by atoms with Gasteiger partial charge in [0.05, 0.1) is 11.5 Å². The summed E-state index contributed by atoms with van der Waals surface area (Å²) >= 11 is 0. The number of hydrogen-bond donors (Lipinski definition) is 1. The molecule has 0 saturated heterocycles. The fourth-order valence-electron chi connectivity index (χ4n) is 1.38. The number of carbonyl (C=O) groups is 2. The maximum absolute atomic E-state index is 13.3. The lowest BCUT2D eigenvalue weighted by Gasteiger charge is -2.15. The van der Waals surface area contributed by atoms with E-state index < -0.39 is 35.2 Å². The molecule has 1 aromatic rings. The Kier molecular flexibility index (Phi) is 3.93. The third kappa shape index (κ3) is 2.87. The predicted molar refractivity (Wildman–Crippen MR) is 56.7 cm³/mol. The van der Waals surface area contributed by atoms with Gasteiger partial charge < -0.3 is 5.11 Å². The molecule has 0 amide bonds. The average molecular weight is 242 g/mol. The highest BCUT2D eigenvalue weighted by Gasteiger charge is 2.28. The van der Waals surface area contributed by atoms with Crippen LogP contribution in [0, 0.1) is 23.5 Å². The first-order valence-corrected chi connectivity index (χ1v) is 5.06. The van der Waals surface area contributed by atoms with Crippen molar-refractivity contribution < 1.29 is 23.5 Å². The van der Waals surface area contributed by atoms with E-state index in [2.05, 4.69) is 0 Å². The summed E-state index contributed by atoms with van der Waals surface area (Å²) < 4.78 is 26.0. The third-order valence-electron chi connectivity index (χ3n) is 2.75. The summed E-state index contributed by atoms with van der Waals surface area (Å²) in [6.07, 6.45) is 0. The van der Waals surface area contributed by atoms with E-state index in [0.717, 1.165) is 12.1 Å². The Morgan fingerprint density at radius 2 is 1.76 bits per heavy atom. The summed E-state index contributed by atoms with van der Waals surface area (Å²) in [7, 11) is 0. The maximum Gasteiger partial charge on any atom is 0.306 e. The molecule has 17 heavy (non-hydrogen) atoms. The molecule has 0 aliphatic heterocycles. The molecule has 1 aromatic carbocycles. The highest BCUT2D eigenvalue weighted by molar-refractivity contribution is 5.99.